The normalized spacial score (nSPS) is 12.0. The lowest BCUT2D eigenvalue weighted by atomic mass is 10.5. The van der Waals surface area contributed by atoms with E-state index >= 15 is 0 Å². The highest BCUT2D eigenvalue weighted by Gasteiger charge is 2.27. The summed E-state index contributed by atoms with van der Waals surface area (Å²) in [5, 5.41) is 0. The van der Waals surface area contributed by atoms with Gasteiger partial charge in [0.2, 0.25) is 0 Å². The summed E-state index contributed by atoms with van der Waals surface area (Å²) in [4.78, 5) is 0. The highest BCUT2D eigenvalue weighted by Crippen LogP contribution is 2.13. The van der Waals surface area contributed by atoms with Crippen LogP contribution in [-0.4, -0.2) is 29.4 Å². The summed E-state index contributed by atoms with van der Waals surface area (Å²) in [5.41, 5.74) is 0. The van der Waals surface area contributed by atoms with Crippen molar-refractivity contribution in [1.29, 1.82) is 0 Å². The smallest absolute Gasteiger partial charge is 0.334 e. The van der Waals surface area contributed by atoms with E-state index in [1.807, 2.05) is 6.55 Å². The molecular weight excluding hydrogens is 160 g/mol. The van der Waals surface area contributed by atoms with Gasteiger partial charge < -0.3 is 13.6 Å². The lowest BCUT2D eigenvalue weighted by Gasteiger charge is -2.22. The summed E-state index contributed by atoms with van der Waals surface area (Å²) in [7, 11) is 4.84. The Balaban J connectivity index is 3.51. The minimum absolute atomic E-state index is 0.676. The lowest BCUT2D eigenvalue weighted by Crippen LogP contribution is -2.36. The van der Waals surface area contributed by atoms with Crippen LogP contribution >= 0.6 is 0 Å². The Morgan fingerprint density at radius 1 is 1.27 bits per heavy atom. The number of hydrogen-bond donors (Lipinski definition) is 0. The average molecular weight is 177 g/mol. The van der Waals surface area contributed by atoms with E-state index in [1.54, 1.807) is 14.2 Å². The van der Waals surface area contributed by atoms with Crippen molar-refractivity contribution in [2.24, 2.45) is 0 Å². The third-order valence-corrected chi connectivity index (χ3v) is 4.77. The van der Waals surface area contributed by atoms with Crippen LogP contribution in [0.2, 0.25) is 12.6 Å². The zero-order valence-corrected chi connectivity index (χ0v) is 8.55. The molecule has 0 aliphatic rings. The van der Waals surface area contributed by atoms with Crippen LogP contribution in [0, 0.1) is 7.11 Å². The van der Waals surface area contributed by atoms with Crippen LogP contribution in [0.5, 0.6) is 0 Å². The van der Waals surface area contributed by atoms with Gasteiger partial charge in [-0.1, -0.05) is 0 Å². The summed E-state index contributed by atoms with van der Waals surface area (Å²) in [6.45, 7) is 2.71. The molecule has 0 rings (SSSR count). The second-order valence-corrected chi connectivity index (χ2v) is 6.14. The fraction of sp³-hybridized carbons (Fsp3) is 0.857. The Morgan fingerprint density at radius 3 is 2.18 bits per heavy atom. The fourth-order valence-electron chi connectivity index (χ4n) is 0.783. The van der Waals surface area contributed by atoms with Gasteiger partial charge in [-0.2, -0.15) is 0 Å². The van der Waals surface area contributed by atoms with Crippen LogP contribution in [0.25, 0.3) is 0 Å². The largest absolute Gasteiger partial charge is 0.398 e. The van der Waals surface area contributed by atoms with Gasteiger partial charge in [-0.3, -0.25) is 0 Å². The quantitative estimate of drug-likeness (QED) is 0.455. The van der Waals surface area contributed by atoms with Gasteiger partial charge in [0.25, 0.3) is 0 Å². The van der Waals surface area contributed by atoms with Crippen LogP contribution < -0.4 is 0 Å². The SMILES string of the molecule is [CH2]OCCC[Si](C)(OC)OC. The van der Waals surface area contributed by atoms with Crippen molar-refractivity contribution in [3.63, 3.8) is 0 Å². The molecule has 0 saturated heterocycles. The van der Waals surface area contributed by atoms with E-state index in [9.17, 15) is 0 Å². The molecule has 0 saturated carbocycles. The molecular formula is C7H17O3Si. The summed E-state index contributed by atoms with van der Waals surface area (Å²) in [6, 6.07) is 0.954. The van der Waals surface area contributed by atoms with Crippen molar-refractivity contribution in [1.82, 2.24) is 0 Å². The third kappa shape index (κ3) is 4.52. The predicted molar refractivity (Wildman–Crippen MR) is 46.4 cm³/mol. The van der Waals surface area contributed by atoms with E-state index in [4.69, 9.17) is 8.85 Å². The van der Waals surface area contributed by atoms with Gasteiger partial charge in [0.1, 0.15) is 0 Å². The molecule has 11 heavy (non-hydrogen) atoms. The van der Waals surface area contributed by atoms with E-state index in [0.717, 1.165) is 12.5 Å². The van der Waals surface area contributed by atoms with Crippen molar-refractivity contribution in [3.8, 4) is 0 Å². The van der Waals surface area contributed by atoms with E-state index < -0.39 is 8.56 Å². The molecule has 0 fully saturated rings. The molecule has 0 aromatic heterocycles. The monoisotopic (exact) mass is 177 g/mol. The van der Waals surface area contributed by atoms with Crippen molar-refractivity contribution >= 4 is 8.56 Å². The molecule has 0 N–H and O–H groups in total. The standard InChI is InChI=1S/C7H17O3Si/c1-8-6-5-7-11(4,9-2)10-3/h1,5-7H2,2-4H3. The zero-order chi connectivity index (χ0) is 8.74. The summed E-state index contributed by atoms with van der Waals surface area (Å²) < 4.78 is 15.2. The highest BCUT2D eigenvalue weighted by atomic mass is 28.4. The minimum atomic E-state index is -1.84. The van der Waals surface area contributed by atoms with E-state index in [2.05, 4.69) is 11.8 Å². The summed E-state index contributed by atoms with van der Waals surface area (Å²) in [6.07, 6.45) is 0.952. The maximum Gasteiger partial charge on any atom is 0.334 e. The van der Waals surface area contributed by atoms with Gasteiger partial charge in [-0.25, -0.2) is 0 Å². The maximum absolute atomic E-state index is 5.27. The molecule has 0 amide bonds. The topological polar surface area (TPSA) is 27.7 Å². The molecule has 1 radical (unpaired) electrons. The Bertz CT molecular complexity index is 93.7. The van der Waals surface area contributed by atoms with Gasteiger partial charge in [0.15, 0.2) is 0 Å². The second-order valence-electron chi connectivity index (χ2n) is 2.55. The number of ether oxygens (including phenoxy) is 1. The van der Waals surface area contributed by atoms with Gasteiger partial charge in [-0.15, -0.1) is 0 Å². The number of rotatable bonds is 6. The molecule has 0 unspecified atom stereocenters. The highest BCUT2D eigenvalue weighted by molar-refractivity contribution is 6.65. The van der Waals surface area contributed by atoms with E-state index in [1.165, 1.54) is 0 Å². The molecule has 0 spiro atoms. The molecule has 0 aromatic carbocycles. The maximum atomic E-state index is 5.27. The first-order valence-electron chi connectivity index (χ1n) is 3.66. The zero-order valence-electron chi connectivity index (χ0n) is 7.55. The van der Waals surface area contributed by atoms with Crippen molar-refractivity contribution in [2.75, 3.05) is 20.8 Å². The molecule has 3 nitrogen and oxygen atoms in total. The van der Waals surface area contributed by atoms with Crippen molar-refractivity contribution in [3.05, 3.63) is 7.11 Å². The average Bonchev–Trinajstić information content (AvgIpc) is 2.05. The van der Waals surface area contributed by atoms with Gasteiger partial charge in [0.05, 0.1) is 7.11 Å². The molecule has 0 aromatic rings. The second kappa shape index (κ2) is 5.71. The Kier molecular flexibility index (Phi) is 5.76. The lowest BCUT2D eigenvalue weighted by molar-refractivity contribution is 0.221. The molecule has 0 heterocycles. The molecule has 0 aliphatic carbocycles. The molecule has 4 heteroatoms. The van der Waals surface area contributed by atoms with Crippen LogP contribution in [0.3, 0.4) is 0 Å². The first kappa shape index (κ1) is 11.1. The minimum Gasteiger partial charge on any atom is -0.398 e. The summed E-state index contributed by atoms with van der Waals surface area (Å²) >= 11 is 0. The van der Waals surface area contributed by atoms with Crippen LogP contribution in [0.1, 0.15) is 6.42 Å². The van der Waals surface area contributed by atoms with Gasteiger partial charge in [0, 0.05) is 20.8 Å². The first-order valence-corrected chi connectivity index (χ1v) is 6.18. The van der Waals surface area contributed by atoms with Crippen LogP contribution in [-0.2, 0) is 13.6 Å². The number of hydrogen-bond acceptors (Lipinski definition) is 3. The van der Waals surface area contributed by atoms with Gasteiger partial charge in [-0.05, 0) is 19.0 Å². The fourth-order valence-corrected chi connectivity index (χ4v) is 2.14. The third-order valence-electron chi connectivity index (χ3n) is 1.78. The van der Waals surface area contributed by atoms with Gasteiger partial charge >= 0.3 is 8.56 Å². The van der Waals surface area contributed by atoms with Crippen molar-refractivity contribution < 1.29 is 13.6 Å². The molecule has 0 atom stereocenters. The molecule has 0 aliphatic heterocycles. The Morgan fingerprint density at radius 2 is 1.82 bits per heavy atom. The Hall–Kier alpha value is 0.0969. The van der Waals surface area contributed by atoms with Crippen LogP contribution in [0.4, 0.5) is 0 Å². The van der Waals surface area contributed by atoms with Crippen LogP contribution in [0.15, 0.2) is 0 Å². The first-order chi connectivity index (χ1) is 5.18. The Labute approximate surface area is 69.9 Å². The predicted octanol–water partition coefficient (Wildman–Crippen LogP) is 1.55. The van der Waals surface area contributed by atoms with E-state index in [0.29, 0.717) is 6.61 Å². The molecule has 0 bridgehead atoms. The molecule has 67 valence electrons. The van der Waals surface area contributed by atoms with E-state index in [-0.39, 0.29) is 0 Å². The summed E-state index contributed by atoms with van der Waals surface area (Å²) in [5.74, 6) is 0. The van der Waals surface area contributed by atoms with Crippen molar-refractivity contribution in [2.45, 2.75) is 19.0 Å².